The molecule has 20 heavy (non-hydrogen) atoms. The van der Waals surface area contributed by atoms with Crippen molar-refractivity contribution in [1.82, 2.24) is 20.2 Å². The quantitative estimate of drug-likeness (QED) is 0.741. The van der Waals surface area contributed by atoms with Crippen molar-refractivity contribution >= 4 is 41.1 Å². The normalized spacial score (nSPS) is 11.8. The third kappa shape index (κ3) is 3.06. The molecule has 0 bridgehead atoms. The number of rotatable bonds is 4. The second kappa shape index (κ2) is 5.88. The fourth-order valence-electron chi connectivity index (χ4n) is 1.45. The van der Waals surface area contributed by atoms with Gasteiger partial charge in [-0.2, -0.15) is 5.21 Å². The van der Waals surface area contributed by atoms with Crippen LogP contribution in [0.25, 0.3) is 5.69 Å². The molecule has 1 aromatic heterocycles. The third-order valence-corrected chi connectivity index (χ3v) is 3.33. The fraction of sp³-hybridized carbons (Fsp3) is 0.182. The molecule has 0 saturated carbocycles. The monoisotopic (exact) mass is 309 g/mol. The van der Waals surface area contributed by atoms with E-state index in [4.69, 9.17) is 29.5 Å². The molecule has 0 spiro atoms. The van der Waals surface area contributed by atoms with Gasteiger partial charge >= 0.3 is 5.97 Å². The van der Waals surface area contributed by atoms with E-state index < -0.39 is 11.9 Å². The lowest BCUT2D eigenvalue weighted by Gasteiger charge is -2.12. The molecule has 1 heterocycles. The number of aliphatic carboxylic acids is 1. The van der Waals surface area contributed by atoms with E-state index in [1.807, 2.05) is 6.07 Å². The van der Waals surface area contributed by atoms with Gasteiger partial charge in [0.05, 0.1) is 10.7 Å². The fourth-order valence-corrected chi connectivity index (χ4v) is 1.86. The van der Waals surface area contributed by atoms with E-state index >= 15 is 0 Å². The summed E-state index contributed by atoms with van der Waals surface area (Å²) in [5, 5.41) is 21.7. The molecule has 0 fully saturated rings. The summed E-state index contributed by atoms with van der Waals surface area (Å²) in [5.41, 5.74) is 1.38. The Morgan fingerprint density at radius 1 is 1.55 bits per heavy atom. The molecule has 2 aromatic rings. The number of benzene rings is 1. The maximum atomic E-state index is 10.9. The second-order valence-electron chi connectivity index (χ2n) is 4.02. The number of nitrogens with zero attached hydrogens (tertiary/aromatic N) is 3. The van der Waals surface area contributed by atoms with Crippen molar-refractivity contribution in [2.24, 2.45) is 5.92 Å². The summed E-state index contributed by atoms with van der Waals surface area (Å²) in [5.74, 6) is -1.73. The van der Waals surface area contributed by atoms with Gasteiger partial charge in [0.2, 0.25) is 4.77 Å². The molecule has 0 aliphatic heterocycles. The van der Waals surface area contributed by atoms with E-state index in [1.165, 1.54) is 11.6 Å². The smallest absolute Gasteiger partial charge is 0.313 e. The van der Waals surface area contributed by atoms with Crippen molar-refractivity contribution in [2.75, 3.05) is 5.32 Å². The number of tetrazole rings is 1. The SMILES string of the molecule is CC(C(=O)O)C(=S)Nc1cccc(-n2[nH]nnc2=S)c1. The molecule has 0 saturated heterocycles. The predicted molar refractivity (Wildman–Crippen MR) is 79.6 cm³/mol. The van der Waals surface area contributed by atoms with Crippen LogP contribution in [0.4, 0.5) is 5.69 Å². The van der Waals surface area contributed by atoms with Gasteiger partial charge < -0.3 is 10.4 Å². The van der Waals surface area contributed by atoms with Crippen molar-refractivity contribution in [3.63, 3.8) is 0 Å². The molecule has 0 radical (unpaired) electrons. The van der Waals surface area contributed by atoms with E-state index in [0.717, 1.165) is 5.69 Å². The summed E-state index contributed by atoms with van der Waals surface area (Å²) in [6.45, 7) is 1.52. The Morgan fingerprint density at radius 3 is 2.90 bits per heavy atom. The summed E-state index contributed by atoms with van der Waals surface area (Å²) in [4.78, 5) is 11.1. The van der Waals surface area contributed by atoms with Crippen LogP contribution in [0.2, 0.25) is 0 Å². The highest BCUT2D eigenvalue weighted by Gasteiger charge is 2.16. The number of thiocarbonyl (C=S) groups is 1. The maximum Gasteiger partial charge on any atom is 0.313 e. The second-order valence-corrected chi connectivity index (χ2v) is 4.82. The van der Waals surface area contributed by atoms with Crippen molar-refractivity contribution in [2.45, 2.75) is 6.92 Å². The minimum atomic E-state index is -0.973. The lowest BCUT2D eigenvalue weighted by molar-refractivity contribution is -0.138. The number of aromatic nitrogens is 4. The van der Waals surface area contributed by atoms with Gasteiger partial charge in [0.15, 0.2) is 0 Å². The van der Waals surface area contributed by atoms with Gasteiger partial charge in [-0.25, -0.2) is 4.68 Å². The molecule has 1 aromatic carbocycles. The van der Waals surface area contributed by atoms with Crippen LogP contribution in [0, 0.1) is 10.7 Å². The van der Waals surface area contributed by atoms with Gasteiger partial charge in [-0.15, -0.1) is 0 Å². The van der Waals surface area contributed by atoms with Crippen LogP contribution >= 0.6 is 24.4 Å². The zero-order valence-corrected chi connectivity index (χ0v) is 12.0. The highest BCUT2D eigenvalue weighted by Crippen LogP contribution is 2.15. The van der Waals surface area contributed by atoms with Crippen LogP contribution in [0.5, 0.6) is 0 Å². The average Bonchev–Trinajstić information content (AvgIpc) is 2.84. The van der Waals surface area contributed by atoms with Gasteiger partial charge in [-0.3, -0.25) is 4.79 Å². The Labute approximate surface area is 124 Å². The summed E-state index contributed by atoms with van der Waals surface area (Å²) < 4.78 is 1.81. The average molecular weight is 309 g/mol. The van der Waals surface area contributed by atoms with Crippen molar-refractivity contribution in [1.29, 1.82) is 0 Å². The van der Waals surface area contributed by atoms with Gasteiger partial charge in [-0.1, -0.05) is 28.6 Å². The van der Waals surface area contributed by atoms with Gasteiger partial charge in [0.25, 0.3) is 0 Å². The van der Waals surface area contributed by atoms with Gasteiger partial charge in [-0.05, 0) is 37.3 Å². The first kappa shape index (κ1) is 14.3. The molecule has 104 valence electrons. The number of aromatic amines is 1. The first-order valence-corrected chi connectivity index (χ1v) is 6.45. The number of carboxylic acids is 1. The van der Waals surface area contributed by atoms with Crippen molar-refractivity contribution < 1.29 is 9.90 Å². The van der Waals surface area contributed by atoms with E-state index in [1.54, 1.807) is 18.2 Å². The minimum Gasteiger partial charge on any atom is -0.481 e. The molecule has 0 aliphatic carbocycles. The van der Waals surface area contributed by atoms with Crippen LogP contribution in [-0.4, -0.2) is 36.3 Å². The summed E-state index contributed by atoms with van der Waals surface area (Å²) in [6.07, 6.45) is 0. The molecule has 2 rings (SSSR count). The Balaban J connectivity index is 2.23. The third-order valence-electron chi connectivity index (χ3n) is 2.61. The van der Waals surface area contributed by atoms with Crippen LogP contribution < -0.4 is 5.32 Å². The van der Waals surface area contributed by atoms with Crippen LogP contribution in [0.15, 0.2) is 24.3 Å². The minimum absolute atomic E-state index is 0.237. The maximum absolute atomic E-state index is 10.9. The molecule has 7 nitrogen and oxygen atoms in total. The standard InChI is InChI=1S/C11H11N5O2S2/c1-6(10(17)18)9(19)12-7-3-2-4-8(5-7)16-11(20)13-14-15-16/h2-6H,1H3,(H,12,19)(H,17,18)(H,13,15,20). The molecule has 9 heteroatoms. The van der Waals surface area contributed by atoms with E-state index in [-0.39, 0.29) is 4.99 Å². The van der Waals surface area contributed by atoms with Crippen LogP contribution in [0.1, 0.15) is 6.92 Å². The molecule has 1 unspecified atom stereocenters. The molecule has 1 atom stereocenters. The Hall–Kier alpha value is -2.13. The Bertz CT molecular complexity index is 709. The Kier molecular flexibility index (Phi) is 4.20. The summed E-state index contributed by atoms with van der Waals surface area (Å²) >= 11 is 10.1. The summed E-state index contributed by atoms with van der Waals surface area (Å²) in [7, 11) is 0. The zero-order chi connectivity index (χ0) is 14.7. The first-order chi connectivity index (χ1) is 9.49. The van der Waals surface area contributed by atoms with Crippen molar-refractivity contribution in [3.05, 3.63) is 29.0 Å². The highest BCUT2D eigenvalue weighted by atomic mass is 32.1. The highest BCUT2D eigenvalue weighted by molar-refractivity contribution is 7.80. The number of hydrogen-bond donors (Lipinski definition) is 3. The van der Waals surface area contributed by atoms with Crippen molar-refractivity contribution in [3.8, 4) is 5.69 Å². The Morgan fingerprint density at radius 2 is 2.30 bits per heavy atom. The lowest BCUT2D eigenvalue weighted by atomic mass is 10.2. The summed E-state index contributed by atoms with van der Waals surface area (Å²) in [6, 6.07) is 7.13. The number of carboxylic acid groups (broad SMARTS) is 1. The number of H-pyrrole nitrogens is 1. The molecule has 0 amide bonds. The van der Waals surface area contributed by atoms with E-state index in [0.29, 0.717) is 10.5 Å². The van der Waals surface area contributed by atoms with E-state index in [9.17, 15) is 4.79 Å². The number of hydrogen-bond acceptors (Lipinski definition) is 5. The molecular weight excluding hydrogens is 298 g/mol. The number of nitrogens with one attached hydrogen (secondary N) is 2. The van der Waals surface area contributed by atoms with E-state index in [2.05, 4.69) is 20.8 Å². The van der Waals surface area contributed by atoms with Crippen LogP contribution in [0.3, 0.4) is 0 Å². The van der Waals surface area contributed by atoms with Gasteiger partial charge in [0, 0.05) is 5.69 Å². The molecular formula is C11H11N5O2S2. The largest absolute Gasteiger partial charge is 0.481 e. The predicted octanol–water partition coefficient (Wildman–Crippen LogP) is 1.78. The molecule has 0 aliphatic rings. The number of anilines is 1. The zero-order valence-electron chi connectivity index (χ0n) is 10.4. The first-order valence-electron chi connectivity index (χ1n) is 5.63. The number of carbonyl (C=O) groups is 1. The van der Waals surface area contributed by atoms with Gasteiger partial charge in [0.1, 0.15) is 5.92 Å². The lowest BCUT2D eigenvalue weighted by Crippen LogP contribution is -2.25. The topological polar surface area (TPSA) is 95.8 Å². The van der Waals surface area contributed by atoms with Crippen LogP contribution in [-0.2, 0) is 4.79 Å². The molecule has 3 N–H and O–H groups in total.